The van der Waals surface area contributed by atoms with E-state index in [0.717, 1.165) is 24.1 Å². The van der Waals surface area contributed by atoms with Crippen molar-refractivity contribution in [3.05, 3.63) is 28.3 Å². The van der Waals surface area contributed by atoms with E-state index in [2.05, 4.69) is 5.32 Å². The number of hydrogen-bond acceptors (Lipinski definition) is 2. The Morgan fingerprint density at radius 2 is 2.20 bits per heavy atom. The normalized spacial score (nSPS) is 21.6. The Balaban J connectivity index is 2.27. The van der Waals surface area contributed by atoms with E-state index in [1.165, 1.54) is 12.8 Å². The van der Waals surface area contributed by atoms with Crippen molar-refractivity contribution in [3.63, 3.8) is 0 Å². The summed E-state index contributed by atoms with van der Waals surface area (Å²) in [6.07, 6.45) is 3.60. The standard InChI is InChI=1S/C12H16ClNO/c1-8-10(13)6-9(7-12(8)15)11-4-2-3-5-14-11/h6-7,11,14-15H,2-5H2,1H3. The summed E-state index contributed by atoms with van der Waals surface area (Å²) in [6, 6.07) is 4.13. The van der Waals surface area contributed by atoms with E-state index < -0.39 is 0 Å². The molecule has 2 N–H and O–H groups in total. The maximum atomic E-state index is 9.70. The van der Waals surface area contributed by atoms with Crippen molar-refractivity contribution in [2.24, 2.45) is 0 Å². The summed E-state index contributed by atoms with van der Waals surface area (Å²) in [5.41, 5.74) is 1.86. The van der Waals surface area contributed by atoms with Crippen LogP contribution in [0.4, 0.5) is 0 Å². The molecule has 0 bridgehead atoms. The minimum absolute atomic E-state index is 0.296. The molecule has 1 unspecified atom stereocenters. The molecule has 0 spiro atoms. The van der Waals surface area contributed by atoms with Gasteiger partial charge in [0.25, 0.3) is 0 Å². The van der Waals surface area contributed by atoms with E-state index in [0.29, 0.717) is 16.8 Å². The lowest BCUT2D eigenvalue weighted by Crippen LogP contribution is -2.26. The van der Waals surface area contributed by atoms with Gasteiger partial charge in [0.15, 0.2) is 0 Å². The molecule has 0 saturated carbocycles. The van der Waals surface area contributed by atoms with E-state index in [9.17, 15) is 5.11 Å². The first-order chi connectivity index (χ1) is 7.18. The number of rotatable bonds is 1. The van der Waals surface area contributed by atoms with Gasteiger partial charge in [0.05, 0.1) is 0 Å². The van der Waals surface area contributed by atoms with Crippen LogP contribution < -0.4 is 5.32 Å². The van der Waals surface area contributed by atoms with Gasteiger partial charge in [0, 0.05) is 16.6 Å². The molecular formula is C12H16ClNO. The van der Waals surface area contributed by atoms with Crippen LogP contribution in [-0.4, -0.2) is 11.7 Å². The van der Waals surface area contributed by atoms with Crippen molar-refractivity contribution in [1.82, 2.24) is 5.32 Å². The van der Waals surface area contributed by atoms with Gasteiger partial charge in [0.2, 0.25) is 0 Å². The number of phenolic OH excluding ortho intramolecular Hbond substituents is 1. The van der Waals surface area contributed by atoms with E-state index in [1.807, 2.05) is 19.1 Å². The third kappa shape index (κ3) is 2.27. The Hall–Kier alpha value is -0.730. The molecule has 3 heteroatoms. The Morgan fingerprint density at radius 1 is 1.40 bits per heavy atom. The first-order valence-electron chi connectivity index (χ1n) is 5.41. The number of piperidine rings is 1. The van der Waals surface area contributed by atoms with E-state index >= 15 is 0 Å². The summed E-state index contributed by atoms with van der Waals surface area (Å²) < 4.78 is 0. The van der Waals surface area contributed by atoms with Gasteiger partial charge in [-0.25, -0.2) is 0 Å². The smallest absolute Gasteiger partial charge is 0.120 e. The molecule has 15 heavy (non-hydrogen) atoms. The van der Waals surface area contributed by atoms with Crippen LogP contribution in [0.1, 0.15) is 36.4 Å². The highest BCUT2D eigenvalue weighted by Gasteiger charge is 2.16. The van der Waals surface area contributed by atoms with Crippen molar-refractivity contribution in [3.8, 4) is 5.75 Å². The van der Waals surface area contributed by atoms with Gasteiger partial charge in [-0.05, 0) is 44.0 Å². The molecule has 0 aliphatic carbocycles. The van der Waals surface area contributed by atoms with Gasteiger partial charge in [0.1, 0.15) is 5.75 Å². The first-order valence-corrected chi connectivity index (χ1v) is 5.78. The average Bonchev–Trinajstić information content (AvgIpc) is 2.26. The first kappa shape index (κ1) is 10.8. The lowest BCUT2D eigenvalue weighted by Gasteiger charge is -2.24. The topological polar surface area (TPSA) is 32.3 Å². The highest BCUT2D eigenvalue weighted by molar-refractivity contribution is 6.31. The molecule has 1 heterocycles. The molecule has 2 rings (SSSR count). The van der Waals surface area contributed by atoms with Crippen LogP contribution in [0.5, 0.6) is 5.75 Å². The minimum atomic E-state index is 0.296. The van der Waals surface area contributed by atoms with Gasteiger partial charge in [-0.3, -0.25) is 0 Å². The SMILES string of the molecule is Cc1c(O)cc(C2CCCCN2)cc1Cl. The van der Waals surface area contributed by atoms with Crippen LogP contribution in [-0.2, 0) is 0 Å². The molecule has 1 aliphatic heterocycles. The van der Waals surface area contributed by atoms with Gasteiger partial charge in [-0.1, -0.05) is 18.0 Å². The molecule has 1 fully saturated rings. The summed E-state index contributed by atoms with van der Waals surface area (Å²) in [4.78, 5) is 0. The molecule has 0 amide bonds. The Morgan fingerprint density at radius 3 is 2.80 bits per heavy atom. The third-order valence-corrected chi connectivity index (χ3v) is 3.44. The minimum Gasteiger partial charge on any atom is -0.508 e. The predicted octanol–water partition coefficient (Wildman–Crippen LogP) is 3.17. The van der Waals surface area contributed by atoms with Crippen LogP contribution in [0.25, 0.3) is 0 Å². The van der Waals surface area contributed by atoms with Crippen LogP contribution in [0.15, 0.2) is 12.1 Å². The van der Waals surface area contributed by atoms with Crippen molar-refractivity contribution in [2.45, 2.75) is 32.2 Å². The number of aromatic hydroxyl groups is 1. The van der Waals surface area contributed by atoms with Crippen LogP contribution in [0.3, 0.4) is 0 Å². The zero-order chi connectivity index (χ0) is 10.8. The van der Waals surface area contributed by atoms with Crippen LogP contribution in [0, 0.1) is 6.92 Å². The highest BCUT2D eigenvalue weighted by Crippen LogP contribution is 2.32. The molecular weight excluding hydrogens is 210 g/mol. The molecule has 2 nitrogen and oxygen atoms in total. The van der Waals surface area contributed by atoms with Gasteiger partial charge in [-0.15, -0.1) is 0 Å². The van der Waals surface area contributed by atoms with E-state index in [1.54, 1.807) is 0 Å². The lowest BCUT2D eigenvalue weighted by molar-refractivity contribution is 0.409. The summed E-state index contributed by atoms with van der Waals surface area (Å²) >= 11 is 6.05. The van der Waals surface area contributed by atoms with Crippen molar-refractivity contribution in [2.75, 3.05) is 6.54 Å². The average molecular weight is 226 g/mol. The van der Waals surface area contributed by atoms with Crippen molar-refractivity contribution >= 4 is 11.6 Å². The second-order valence-electron chi connectivity index (χ2n) is 4.15. The number of hydrogen-bond donors (Lipinski definition) is 2. The molecule has 1 aromatic carbocycles. The fourth-order valence-electron chi connectivity index (χ4n) is 2.02. The predicted molar refractivity (Wildman–Crippen MR) is 62.4 cm³/mol. The summed E-state index contributed by atoms with van der Waals surface area (Å²) in [6.45, 7) is 2.88. The molecule has 1 atom stereocenters. The van der Waals surface area contributed by atoms with E-state index in [4.69, 9.17) is 11.6 Å². The summed E-state index contributed by atoms with van der Waals surface area (Å²) in [5.74, 6) is 0.296. The number of halogens is 1. The van der Waals surface area contributed by atoms with Crippen molar-refractivity contribution < 1.29 is 5.11 Å². The largest absolute Gasteiger partial charge is 0.508 e. The molecule has 1 aromatic rings. The zero-order valence-corrected chi connectivity index (χ0v) is 9.64. The van der Waals surface area contributed by atoms with Gasteiger partial charge >= 0.3 is 0 Å². The number of phenols is 1. The summed E-state index contributed by atoms with van der Waals surface area (Å²) in [5, 5.41) is 13.8. The van der Waals surface area contributed by atoms with E-state index in [-0.39, 0.29) is 0 Å². The quantitative estimate of drug-likeness (QED) is 0.770. The number of benzene rings is 1. The van der Waals surface area contributed by atoms with Gasteiger partial charge in [-0.2, -0.15) is 0 Å². The monoisotopic (exact) mass is 225 g/mol. The number of nitrogens with one attached hydrogen (secondary N) is 1. The highest BCUT2D eigenvalue weighted by atomic mass is 35.5. The summed E-state index contributed by atoms with van der Waals surface area (Å²) in [7, 11) is 0. The lowest BCUT2D eigenvalue weighted by atomic mass is 9.96. The van der Waals surface area contributed by atoms with Crippen LogP contribution >= 0.6 is 11.6 Å². The fourth-order valence-corrected chi connectivity index (χ4v) is 2.25. The zero-order valence-electron chi connectivity index (χ0n) is 8.89. The molecule has 1 aliphatic rings. The Labute approximate surface area is 95.3 Å². The molecule has 0 radical (unpaired) electrons. The van der Waals surface area contributed by atoms with Crippen molar-refractivity contribution in [1.29, 1.82) is 0 Å². The van der Waals surface area contributed by atoms with Crippen LogP contribution in [0.2, 0.25) is 5.02 Å². The maximum absolute atomic E-state index is 9.70. The second-order valence-corrected chi connectivity index (χ2v) is 4.56. The third-order valence-electron chi connectivity index (χ3n) is 3.05. The molecule has 0 aromatic heterocycles. The molecule has 1 saturated heterocycles. The Bertz CT molecular complexity index is 336. The molecule has 82 valence electrons. The Kier molecular flexibility index (Phi) is 3.17. The maximum Gasteiger partial charge on any atom is 0.120 e. The van der Waals surface area contributed by atoms with Gasteiger partial charge < -0.3 is 10.4 Å². The fraction of sp³-hybridized carbons (Fsp3) is 0.500. The second kappa shape index (κ2) is 4.42.